The van der Waals surface area contributed by atoms with Crippen LogP contribution < -0.4 is 19.1 Å². The minimum Gasteiger partial charge on any atom is -0.493 e. The van der Waals surface area contributed by atoms with Crippen LogP contribution >= 0.6 is 11.6 Å². The van der Waals surface area contributed by atoms with Crippen LogP contribution in [0.4, 0.5) is 10.1 Å². The number of halogens is 2. The summed E-state index contributed by atoms with van der Waals surface area (Å²) in [7, 11) is -1.53. The number of methoxy groups -OCH3 is 2. The topological polar surface area (TPSA) is 105 Å². The first-order valence-corrected chi connectivity index (χ1v) is 15.6. The molecule has 0 aromatic heterocycles. The van der Waals surface area contributed by atoms with Crippen molar-refractivity contribution in [3.63, 3.8) is 0 Å². The van der Waals surface area contributed by atoms with Crippen LogP contribution in [-0.2, 0) is 26.2 Å². The van der Waals surface area contributed by atoms with Crippen LogP contribution in [0.1, 0.15) is 39.2 Å². The molecule has 0 bridgehead atoms. The number of benzene rings is 3. The number of sulfonamides is 1. The number of hydrogen-bond donors (Lipinski definition) is 1. The third-order valence-electron chi connectivity index (χ3n) is 6.99. The highest BCUT2D eigenvalue weighted by atomic mass is 35.5. The van der Waals surface area contributed by atoms with E-state index in [4.69, 9.17) is 21.1 Å². The van der Waals surface area contributed by atoms with Crippen molar-refractivity contribution in [3.05, 3.63) is 83.1 Å². The van der Waals surface area contributed by atoms with Gasteiger partial charge in [0, 0.05) is 23.7 Å². The van der Waals surface area contributed by atoms with E-state index in [0.717, 1.165) is 4.31 Å². The van der Waals surface area contributed by atoms with Crippen LogP contribution in [-0.4, -0.2) is 58.0 Å². The van der Waals surface area contributed by atoms with Crippen LogP contribution in [0.3, 0.4) is 0 Å². The Balaban J connectivity index is 2.09. The van der Waals surface area contributed by atoms with Crippen LogP contribution in [0.5, 0.6) is 11.5 Å². The van der Waals surface area contributed by atoms with Gasteiger partial charge in [-0.15, -0.1) is 0 Å². The van der Waals surface area contributed by atoms with E-state index in [1.807, 2.05) is 13.8 Å². The Kier molecular flexibility index (Phi) is 11.8. The smallest absolute Gasteiger partial charge is 0.264 e. The number of ether oxygens (including phenoxy) is 2. The highest BCUT2D eigenvalue weighted by Gasteiger charge is 2.34. The Labute approximate surface area is 257 Å². The summed E-state index contributed by atoms with van der Waals surface area (Å²) in [4.78, 5) is 28.7. The number of hydrogen-bond acceptors (Lipinski definition) is 6. The zero-order chi connectivity index (χ0) is 31.7. The molecule has 3 aromatic carbocycles. The van der Waals surface area contributed by atoms with E-state index >= 15 is 0 Å². The van der Waals surface area contributed by atoms with Crippen LogP contribution in [0.25, 0.3) is 0 Å². The van der Waals surface area contributed by atoms with Gasteiger partial charge in [0.15, 0.2) is 11.5 Å². The van der Waals surface area contributed by atoms with Gasteiger partial charge in [-0.2, -0.15) is 0 Å². The molecule has 0 radical (unpaired) electrons. The Morgan fingerprint density at radius 2 is 1.56 bits per heavy atom. The summed E-state index contributed by atoms with van der Waals surface area (Å²) >= 11 is 6.08. The maximum atomic E-state index is 14.1. The number of rotatable bonds is 14. The number of amides is 2. The molecule has 0 spiro atoms. The van der Waals surface area contributed by atoms with E-state index in [-0.39, 0.29) is 41.2 Å². The van der Waals surface area contributed by atoms with Crippen LogP contribution in [0.15, 0.2) is 71.6 Å². The quantitative estimate of drug-likeness (QED) is 0.254. The number of nitrogens with zero attached hydrogens (tertiary/aromatic N) is 2. The molecule has 232 valence electrons. The zero-order valence-electron chi connectivity index (χ0n) is 24.8. The summed E-state index contributed by atoms with van der Waals surface area (Å²) in [5.41, 5.74) is 0.761. The fourth-order valence-corrected chi connectivity index (χ4v) is 5.94. The monoisotopic (exact) mass is 633 g/mol. The molecule has 0 heterocycles. The molecule has 1 N–H and O–H groups in total. The first-order chi connectivity index (χ1) is 20.4. The van der Waals surface area contributed by atoms with Gasteiger partial charge in [0.1, 0.15) is 18.4 Å². The minimum atomic E-state index is -4.35. The lowest BCUT2D eigenvalue weighted by atomic mass is 10.1. The third kappa shape index (κ3) is 8.39. The first kappa shape index (κ1) is 33.7. The van der Waals surface area contributed by atoms with Gasteiger partial charge >= 0.3 is 0 Å². The number of carbonyl (C=O) groups excluding carboxylic acids is 2. The molecule has 2 amide bonds. The first-order valence-electron chi connectivity index (χ1n) is 13.8. The Morgan fingerprint density at radius 3 is 2.12 bits per heavy atom. The number of anilines is 1. The van der Waals surface area contributed by atoms with E-state index in [1.165, 1.54) is 85.8 Å². The van der Waals surface area contributed by atoms with E-state index in [1.54, 1.807) is 6.92 Å². The highest BCUT2D eigenvalue weighted by Crippen LogP contribution is 2.33. The van der Waals surface area contributed by atoms with E-state index in [9.17, 15) is 22.4 Å². The second-order valence-electron chi connectivity index (χ2n) is 9.89. The van der Waals surface area contributed by atoms with E-state index < -0.39 is 34.3 Å². The highest BCUT2D eigenvalue weighted by molar-refractivity contribution is 7.92. The SMILES string of the molecule is CC[C@@H](C)NC(=O)[C@@H](CC)N(Cc1ccc(F)cc1)C(=O)CN(c1ccc(Cl)cc1)S(=O)(=O)c1ccc(OC)c(OC)c1. The van der Waals surface area contributed by atoms with Crippen LogP contribution in [0.2, 0.25) is 5.02 Å². The number of carbonyl (C=O) groups is 2. The molecule has 0 saturated carbocycles. The molecule has 0 fully saturated rings. The molecule has 9 nitrogen and oxygen atoms in total. The van der Waals surface area contributed by atoms with Crippen molar-refractivity contribution in [3.8, 4) is 11.5 Å². The fraction of sp³-hybridized carbons (Fsp3) is 0.355. The molecule has 0 aliphatic carbocycles. The molecule has 3 aromatic rings. The molecule has 0 saturated heterocycles. The van der Waals surface area contributed by atoms with Crippen molar-refractivity contribution in [1.82, 2.24) is 10.2 Å². The predicted octanol–water partition coefficient (Wildman–Crippen LogP) is 5.41. The normalized spacial score (nSPS) is 12.6. The van der Waals surface area contributed by atoms with Gasteiger partial charge in [-0.25, -0.2) is 12.8 Å². The van der Waals surface area contributed by atoms with Gasteiger partial charge in [0.05, 0.1) is 24.8 Å². The Morgan fingerprint density at radius 1 is 0.930 bits per heavy atom. The average molecular weight is 634 g/mol. The van der Waals surface area contributed by atoms with Crippen molar-refractivity contribution in [2.24, 2.45) is 0 Å². The zero-order valence-corrected chi connectivity index (χ0v) is 26.4. The molecular weight excluding hydrogens is 597 g/mol. The lowest BCUT2D eigenvalue weighted by molar-refractivity contribution is -0.140. The standard InChI is InChI=1S/C31H37ClFN3O6S/c1-6-21(3)34-31(38)27(7-2)35(19-22-8-12-24(33)13-9-22)30(37)20-36(25-14-10-23(32)11-15-25)43(39,40)26-16-17-28(41-4)29(18-26)42-5/h8-18,21,27H,6-7,19-20H2,1-5H3,(H,34,38)/t21-,27-/m1/s1. The maximum absolute atomic E-state index is 14.1. The van der Waals surface area contributed by atoms with E-state index in [0.29, 0.717) is 22.8 Å². The summed E-state index contributed by atoms with van der Waals surface area (Å²) < 4.78 is 53.4. The molecule has 2 atom stereocenters. The van der Waals surface area contributed by atoms with Crippen LogP contribution in [0, 0.1) is 5.82 Å². The maximum Gasteiger partial charge on any atom is 0.264 e. The molecular formula is C31H37ClFN3O6S. The summed E-state index contributed by atoms with van der Waals surface area (Å²) in [5, 5.41) is 3.30. The summed E-state index contributed by atoms with van der Waals surface area (Å²) in [6.07, 6.45) is 0.945. The Hall–Kier alpha value is -3.83. The van der Waals surface area contributed by atoms with Gasteiger partial charge in [0.25, 0.3) is 10.0 Å². The third-order valence-corrected chi connectivity index (χ3v) is 9.01. The minimum absolute atomic E-state index is 0.0452. The summed E-state index contributed by atoms with van der Waals surface area (Å²) in [6, 6.07) is 14.7. The fourth-order valence-electron chi connectivity index (χ4n) is 4.39. The van der Waals surface area contributed by atoms with E-state index in [2.05, 4.69) is 5.32 Å². The lowest BCUT2D eigenvalue weighted by Gasteiger charge is -2.33. The van der Waals surface area contributed by atoms with Crippen molar-refractivity contribution in [2.45, 2.75) is 57.1 Å². The van der Waals surface area contributed by atoms with Crippen molar-refractivity contribution >= 4 is 39.1 Å². The molecule has 3 rings (SSSR count). The second kappa shape index (κ2) is 15.1. The largest absolute Gasteiger partial charge is 0.493 e. The summed E-state index contributed by atoms with van der Waals surface area (Å²) in [5.74, 6) is -0.920. The van der Waals surface area contributed by atoms with Gasteiger partial charge in [-0.05, 0) is 73.9 Å². The lowest BCUT2D eigenvalue weighted by Crippen LogP contribution is -2.53. The van der Waals surface area contributed by atoms with Gasteiger partial charge in [-0.3, -0.25) is 13.9 Å². The second-order valence-corrected chi connectivity index (χ2v) is 12.2. The summed E-state index contributed by atoms with van der Waals surface area (Å²) in [6.45, 7) is 4.87. The molecule has 0 aliphatic heterocycles. The van der Waals surface area contributed by atoms with Crippen molar-refractivity contribution < 1.29 is 31.9 Å². The van der Waals surface area contributed by atoms with Gasteiger partial charge in [-0.1, -0.05) is 37.6 Å². The van der Waals surface area contributed by atoms with Gasteiger partial charge < -0.3 is 19.7 Å². The molecule has 12 heteroatoms. The Bertz CT molecular complexity index is 1500. The molecule has 0 unspecified atom stereocenters. The predicted molar refractivity (Wildman–Crippen MR) is 164 cm³/mol. The number of nitrogens with one attached hydrogen (secondary N) is 1. The van der Waals surface area contributed by atoms with Gasteiger partial charge in [0.2, 0.25) is 11.8 Å². The van der Waals surface area contributed by atoms with Crippen molar-refractivity contribution in [1.29, 1.82) is 0 Å². The van der Waals surface area contributed by atoms with Crippen molar-refractivity contribution in [2.75, 3.05) is 25.1 Å². The molecule has 0 aliphatic rings. The average Bonchev–Trinajstić information content (AvgIpc) is 3.00. The molecule has 43 heavy (non-hydrogen) atoms.